The Balaban J connectivity index is 2.03. The minimum absolute atomic E-state index is 0.0327. The topological polar surface area (TPSA) is 235 Å². The second-order valence-corrected chi connectivity index (χ2v) is 9.62. The number of H-pyrrole nitrogens is 1. The van der Waals surface area contributed by atoms with Crippen molar-refractivity contribution in [2.45, 2.75) is 76.5 Å². The highest BCUT2D eigenvalue weighted by Gasteiger charge is 2.38. The molecule has 37 heavy (non-hydrogen) atoms. The zero-order valence-corrected chi connectivity index (χ0v) is 21.4. The van der Waals surface area contributed by atoms with E-state index in [2.05, 4.69) is 25.6 Å². The number of nitrogens with zero attached hydrogens (tertiary/aromatic N) is 3. The van der Waals surface area contributed by atoms with Gasteiger partial charge in [0.05, 0.1) is 12.4 Å². The molecule has 1 aromatic heterocycles. The second kappa shape index (κ2) is 14.2. The lowest BCUT2D eigenvalue weighted by Crippen LogP contribution is -2.57. The Labute approximate surface area is 215 Å². The third-order valence-electron chi connectivity index (χ3n) is 6.05. The van der Waals surface area contributed by atoms with E-state index in [-0.39, 0.29) is 43.6 Å². The molecule has 2 rings (SSSR count). The van der Waals surface area contributed by atoms with E-state index in [1.165, 1.54) is 11.2 Å². The first-order chi connectivity index (χ1) is 17.5. The number of aromatic nitrogens is 2. The number of rotatable bonds is 14. The summed E-state index contributed by atoms with van der Waals surface area (Å²) in [5.41, 5.74) is 17.4. The predicted octanol–water partition coefficient (Wildman–Crippen LogP) is -1.58. The Bertz CT molecular complexity index is 946. The number of aliphatic carboxylic acids is 1. The molecule has 1 saturated heterocycles. The molecule has 0 saturated carbocycles. The molecule has 0 aliphatic carbocycles. The molecule has 3 amide bonds. The summed E-state index contributed by atoms with van der Waals surface area (Å²) in [6.07, 6.45) is 5.14. The molecular formula is C23H39N9O5. The van der Waals surface area contributed by atoms with Crippen LogP contribution in [-0.2, 0) is 25.6 Å². The standard InChI is InChI=1S/C23H39N9O5/c1-13(2)9-17(19(33)30-16(22(36)37)5-3-7-28-23(25)26)31-20(34)18-6-4-8-32(18)21(35)15(24)10-14-11-27-12-29-14/h11-13,15-18H,3-10,24H2,1-2H3,(H,27,29)(H,30,33)(H,31,34)(H,36,37)(H4,25,26,28). The summed E-state index contributed by atoms with van der Waals surface area (Å²) in [5.74, 6) is -2.71. The maximum atomic E-state index is 13.2. The smallest absolute Gasteiger partial charge is 0.326 e. The van der Waals surface area contributed by atoms with Crippen molar-refractivity contribution < 1.29 is 24.3 Å². The highest BCUT2D eigenvalue weighted by molar-refractivity contribution is 5.94. The maximum absolute atomic E-state index is 13.2. The van der Waals surface area contributed by atoms with Crippen LogP contribution in [0.1, 0.15) is 51.6 Å². The zero-order valence-electron chi connectivity index (χ0n) is 21.4. The minimum atomic E-state index is -1.20. The van der Waals surface area contributed by atoms with Gasteiger partial charge in [0.15, 0.2) is 5.96 Å². The van der Waals surface area contributed by atoms with Crippen molar-refractivity contribution in [3.05, 3.63) is 18.2 Å². The average molecular weight is 522 g/mol. The summed E-state index contributed by atoms with van der Waals surface area (Å²) in [6.45, 7) is 4.38. The Morgan fingerprint density at radius 1 is 1.24 bits per heavy atom. The highest BCUT2D eigenvalue weighted by Crippen LogP contribution is 2.20. The number of carboxylic acid groups (broad SMARTS) is 1. The fourth-order valence-electron chi connectivity index (χ4n) is 4.24. The van der Waals surface area contributed by atoms with Crippen LogP contribution in [-0.4, -0.2) is 86.9 Å². The third kappa shape index (κ3) is 9.37. The quantitative estimate of drug-likeness (QED) is 0.0848. The lowest BCUT2D eigenvalue weighted by atomic mass is 10.0. The first-order valence-corrected chi connectivity index (χ1v) is 12.4. The molecule has 14 heteroatoms. The van der Waals surface area contributed by atoms with Crippen LogP contribution in [0.25, 0.3) is 0 Å². The second-order valence-electron chi connectivity index (χ2n) is 9.62. The van der Waals surface area contributed by atoms with Crippen molar-refractivity contribution in [3.8, 4) is 0 Å². The van der Waals surface area contributed by atoms with Crippen LogP contribution in [0.5, 0.6) is 0 Å². The van der Waals surface area contributed by atoms with Gasteiger partial charge >= 0.3 is 5.97 Å². The summed E-state index contributed by atoms with van der Waals surface area (Å²) in [4.78, 5) is 63.0. The van der Waals surface area contributed by atoms with Gasteiger partial charge in [-0.05, 0) is 38.0 Å². The SMILES string of the molecule is CC(C)CC(NC(=O)C1CCCN1C(=O)C(N)Cc1cnc[nH]1)C(=O)NC(CCCN=C(N)N)C(=O)O. The number of carbonyl (C=O) groups excluding carboxylic acids is 3. The van der Waals surface area contributed by atoms with Gasteiger partial charge in [0.2, 0.25) is 17.7 Å². The van der Waals surface area contributed by atoms with Crippen molar-refractivity contribution in [2.24, 2.45) is 28.1 Å². The van der Waals surface area contributed by atoms with Gasteiger partial charge in [-0.1, -0.05) is 13.8 Å². The molecule has 1 aliphatic heterocycles. The lowest BCUT2D eigenvalue weighted by molar-refractivity contribution is -0.143. The van der Waals surface area contributed by atoms with Crippen molar-refractivity contribution in [1.82, 2.24) is 25.5 Å². The van der Waals surface area contributed by atoms with E-state index in [4.69, 9.17) is 17.2 Å². The minimum Gasteiger partial charge on any atom is -0.480 e. The van der Waals surface area contributed by atoms with E-state index < -0.39 is 42.0 Å². The number of nitrogens with one attached hydrogen (secondary N) is 3. The Morgan fingerprint density at radius 2 is 1.97 bits per heavy atom. The molecule has 0 bridgehead atoms. The van der Waals surface area contributed by atoms with E-state index in [1.807, 2.05) is 13.8 Å². The molecule has 14 nitrogen and oxygen atoms in total. The Hall–Kier alpha value is -3.68. The highest BCUT2D eigenvalue weighted by atomic mass is 16.4. The van der Waals surface area contributed by atoms with E-state index in [9.17, 15) is 24.3 Å². The Morgan fingerprint density at radius 3 is 2.57 bits per heavy atom. The monoisotopic (exact) mass is 521 g/mol. The number of amides is 3. The van der Waals surface area contributed by atoms with E-state index >= 15 is 0 Å². The van der Waals surface area contributed by atoms with Crippen molar-refractivity contribution in [1.29, 1.82) is 0 Å². The van der Waals surface area contributed by atoms with Gasteiger partial charge in [-0.15, -0.1) is 0 Å². The molecule has 1 aliphatic rings. The molecule has 0 radical (unpaired) electrons. The number of nitrogens with two attached hydrogens (primary N) is 3. The average Bonchev–Trinajstić information content (AvgIpc) is 3.51. The summed E-state index contributed by atoms with van der Waals surface area (Å²) in [7, 11) is 0. The summed E-state index contributed by atoms with van der Waals surface area (Å²) < 4.78 is 0. The number of hydrogen-bond donors (Lipinski definition) is 7. The maximum Gasteiger partial charge on any atom is 0.326 e. The number of aliphatic imine (C=N–C) groups is 1. The predicted molar refractivity (Wildman–Crippen MR) is 136 cm³/mol. The van der Waals surface area contributed by atoms with Crippen LogP contribution in [0, 0.1) is 5.92 Å². The fourth-order valence-corrected chi connectivity index (χ4v) is 4.24. The number of carboxylic acids is 1. The van der Waals surface area contributed by atoms with Gasteiger partial charge in [0, 0.05) is 31.4 Å². The van der Waals surface area contributed by atoms with Crippen molar-refractivity contribution in [3.63, 3.8) is 0 Å². The molecule has 2 heterocycles. The fraction of sp³-hybridized carbons (Fsp3) is 0.652. The third-order valence-corrected chi connectivity index (χ3v) is 6.05. The largest absolute Gasteiger partial charge is 0.480 e. The number of hydrogen-bond acceptors (Lipinski definition) is 7. The number of carbonyl (C=O) groups is 4. The van der Waals surface area contributed by atoms with Gasteiger partial charge in [0.25, 0.3) is 0 Å². The van der Waals surface area contributed by atoms with Crippen LogP contribution in [0.15, 0.2) is 17.5 Å². The lowest BCUT2D eigenvalue weighted by Gasteiger charge is -2.29. The number of imidazole rings is 1. The van der Waals surface area contributed by atoms with Crippen LogP contribution in [0.4, 0.5) is 0 Å². The van der Waals surface area contributed by atoms with Gasteiger partial charge in [-0.25, -0.2) is 9.78 Å². The molecule has 0 aromatic carbocycles. The molecule has 10 N–H and O–H groups in total. The molecule has 1 fully saturated rings. The summed E-state index contributed by atoms with van der Waals surface area (Å²) in [6, 6.07) is -3.75. The first-order valence-electron chi connectivity index (χ1n) is 12.4. The first kappa shape index (κ1) is 29.5. The van der Waals surface area contributed by atoms with E-state index in [1.54, 1.807) is 6.20 Å². The molecular weight excluding hydrogens is 482 g/mol. The van der Waals surface area contributed by atoms with Crippen LogP contribution in [0.2, 0.25) is 0 Å². The van der Waals surface area contributed by atoms with E-state index in [0.717, 1.165) is 0 Å². The van der Waals surface area contributed by atoms with Gasteiger partial charge < -0.3 is 42.8 Å². The number of guanidine groups is 1. The van der Waals surface area contributed by atoms with Gasteiger partial charge in [-0.3, -0.25) is 19.4 Å². The number of aromatic amines is 1. The molecule has 1 aromatic rings. The van der Waals surface area contributed by atoms with Gasteiger partial charge in [-0.2, -0.15) is 0 Å². The summed E-state index contributed by atoms with van der Waals surface area (Å²) >= 11 is 0. The summed E-state index contributed by atoms with van der Waals surface area (Å²) in [5, 5.41) is 14.8. The molecule has 4 atom stereocenters. The van der Waals surface area contributed by atoms with Crippen molar-refractivity contribution >= 4 is 29.7 Å². The van der Waals surface area contributed by atoms with Crippen LogP contribution >= 0.6 is 0 Å². The number of likely N-dealkylation sites (tertiary alicyclic amines) is 1. The normalized spacial score (nSPS) is 17.6. The zero-order chi connectivity index (χ0) is 27.5. The molecule has 206 valence electrons. The molecule has 0 spiro atoms. The van der Waals surface area contributed by atoms with Crippen LogP contribution < -0.4 is 27.8 Å². The van der Waals surface area contributed by atoms with Gasteiger partial charge in [0.1, 0.15) is 18.1 Å². The molecule has 4 unspecified atom stereocenters. The Kier molecular flexibility index (Phi) is 11.3. The van der Waals surface area contributed by atoms with Crippen LogP contribution in [0.3, 0.4) is 0 Å². The van der Waals surface area contributed by atoms with Crippen molar-refractivity contribution in [2.75, 3.05) is 13.1 Å². The van der Waals surface area contributed by atoms with E-state index in [0.29, 0.717) is 31.5 Å².